The number of nitrogens with one attached hydrogen (secondary N) is 2. The zero-order valence-electron chi connectivity index (χ0n) is 24.7. The van der Waals surface area contributed by atoms with Crippen LogP contribution < -0.4 is 10.6 Å². The van der Waals surface area contributed by atoms with Crippen molar-refractivity contribution in [1.82, 2.24) is 20.4 Å². The lowest BCUT2D eigenvalue weighted by Gasteiger charge is -2.33. The highest BCUT2D eigenvalue weighted by Gasteiger charge is 2.55. The minimum Gasteiger partial charge on any atom is -0.481 e. The van der Waals surface area contributed by atoms with Gasteiger partial charge in [-0.2, -0.15) is 44.6 Å². The highest BCUT2D eigenvalue weighted by atomic mass is 19.4. The molecule has 0 aliphatic heterocycles. The van der Waals surface area contributed by atoms with Gasteiger partial charge in [0.2, 0.25) is 0 Å². The number of carboxylic acids is 2. The van der Waals surface area contributed by atoms with Gasteiger partial charge in [0.25, 0.3) is 5.91 Å². The Morgan fingerprint density at radius 1 is 0.936 bits per heavy atom. The molecule has 1 heterocycles. The Morgan fingerprint density at radius 3 is 2.02 bits per heavy atom. The Hall–Kier alpha value is -3.83. The van der Waals surface area contributed by atoms with Crippen molar-refractivity contribution in [3.8, 4) is 11.3 Å². The predicted octanol–water partition coefficient (Wildman–Crippen LogP) is 6.75. The van der Waals surface area contributed by atoms with Crippen molar-refractivity contribution >= 4 is 17.8 Å². The van der Waals surface area contributed by atoms with E-state index in [0.29, 0.717) is 25.7 Å². The predicted molar refractivity (Wildman–Crippen MR) is 147 cm³/mol. The number of hydrogen-bond acceptors (Lipinski definition) is 5. The zero-order valence-corrected chi connectivity index (χ0v) is 24.7. The van der Waals surface area contributed by atoms with Crippen LogP contribution in [-0.2, 0) is 15.8 Å². The first-order chi connectivity index (χ1) is 21.7. The van der Waals surface area contributed by atoms with Crippen LogP contribution >= 0.6 is 0 Å². The number of hydrogen-bond donors (Lipinski definition) is 4. The molecule has 262 valence electrons. The van der Waals surface area contributed by atoms with E-state index in [4.69, 9.17) is 9.90 Å². The number of halogens is 9. The van der Waals surface area contributed by atoms with Crippen molar-refractivity contribution in [1.29, 1.82) is 0 Å². The Morgan fingerprint density at radius 2 is 1.51 bits per heavy atom. The third kappa shape index (κ3) is 9.84. The van der Waals surface area contributed by atoms with E-state index in [2.05, 4.69) is 15.7 Å². The van der Waals surface area contributed by atoms with Crippen LogP contribution in [0, 0.1) is 0 Å². The summed E-state index contributed by atoms with van der Waals surface area (Å²) in [5, 5.41) is 25.9. The molecule has 1 atom stereocenters. The number of alkyl halides is 9. The molecule has 47 heavy (non-hydrogen) atoms. The first-order valence-corrected chi connectivity index (χ1v) is 14.7. The van der Waals surface area contributed by atoms with Gasteiger partial charge in [0.15, 0.2) is 5.69 Å². The number of carboxylic acid groups (broad SMARTS) is 2. The summed E-state index contributed by atoms with van der Waals surface area (Å²) in [5.74, 6) is -4.82. The zero-order chi connectivity index (χ0) is 35.2. The van der Waals surface area contributed by atoms with E-state index in [9.17, 15) is 54.2 Å². The normalized spacial score (nSPS) is 17.6. The second kappa shape index (κ2) is 14.9. The lowest BCUT2D eigenvalue weighted by atomic mass is 9.96. The number of nitrogens with zero attached hydrogens (tertiary/aromatic N) is 2. The molecule has 0 radical (unpaired) electrons. The Labute approximate surface area is 262 Å². The third-order valence-electron chi connectivity index (χ3n) is 8.10. The molecule has 0 bridgehead atoms. The maximum Gasteiger partial charge on any atom is 0.490 e. The Balaban J connectivity index is 0.000000771. The lowest BCUT2D eigenvalue weighted by Crippen LogP contribution is -2.55. The highest BCUT2D eigenvalue weighted by molar-refractivity contribution is 5.94. The van der Waals surface area contributed by atoms with Gasteiger partial charge in [-0.25, -0.2) is 4.79 Å². The van der Waals surface area contributed by atoms with Gasteiger partial charge in [-0.15, -0.1) is 0 Å². The number of aromatic nitrogens is 2. The fourth-order valence-corrected chi connectivity index (χ4v) is 5.81. The maximum atomic E-state index is 13.8. The maximum absolute atomic E-state index is 13.8. The van der Waals surface area contributed by atoms with Crippen LogP contribution in [0.1, 0.15) is 86.3 Å². The molecule has 2 aromatic rings. The van der Waals surface area contributed by atoms with Crippen molar-refractivity contribution in [3.63, 3.8) is 0 Å². The molecule has 2 saturated carbocycles. The molecule has 1 aromatic heterocycles. The van der Waals surface area contributed by atoms with E-state index < -0.39 is 59.9 Å². The molecule has 0 unspecified atom stereocenters. The molecule has 18 heteroatoms. The van der Waals surface area contributed by atoms with Crippen LogP contribution in [-0.4, -0.2) is 68.3 Å². The second-order valence-corrected chi connectivity index (χ2v) is 11.4. The summed E-state index contributed by atoms with van der Waals surface area (Å²) < 4.78 is 116. The molecule has 0 spiro atoms. The highest BCUT2D eigenvalue weighted by Crippen LogP contribution is 2.43. The number of amides is 1. The minimum absolute atomic E-state index is 0.0762. The van der Waals surface area contributed by atoms with Crippen LogP contribution in [0.15, 0.2) is 30.3 Å². The van der Waals surface area contributed by atoms with Crippen LogP contribution in [0.5, 0.6) is 0 Å². The summed E-state index contributed by atoms with van der Waals surface area (Å²) in [6, 6.07) is 5.03. The van der Waals surface area contributed by atoms with E-state index in [1.807, 2.05) is 0 Å². The van der Waals surface area contributed by atoms with Crippen LogP contribution in [0.25, 0.3) is 11.3 Å². The third-order valence-corrected chi connectivity index (χ3v) is 8.10. The fourth-order valence-electron chi connectivity index (χ4n) is 5.81. The average molecular weight is 689 g/mol. The van der Waals surface area contributed by atoms with E-state index in [0.717, 1.165) is 18.9 Å². The van der Waals surface area contributed by atoms with Gasteiger partial charge in [0.05, 0.1) is 23.7 Å². The molecular weight excluding hydrogens is 655 g/mol. The molecule has 0 saturated heterocycles. The molecule has 4 N–H and O–H groups in total. The summed E-state index contributed by atoms with van der Waals surface area (Å²) in [4.78, 5) is 33.5. The largest absolute Gasteiger partial charge is 0.490 e. The number of carbonyl (C=O) groups is 3. The van der Waals surface area contributed by atoms with Crippen molar-refractivity contribution in [2.24, 2.45) is 0 Å². The van der Waals surface area contributed by atoms with Gasteiger partial charge in [0.1, 0.15) is 5.54 Å². The topological polar surface area (TPSA) is 134 Å². The van der Waals surface area contributed by atoms with Gasteiger partial charge in [-0.05, 0) is 50.8 Å². The standard InChI is InChI=1S/C27H32F6N4O3.C2HF3O2/c28-26(29,30)20-10-4-3-9-19(20)22-16-21(36-37(22)18-7-1-2-8-18)24(40)35-17(15-23(38)39)11-14-34-25(27(31,32)33)12-5-6-13-25;3-2(4,5)1(6)7/h3-4,9-10,16-18,34H,1-2,5-8,11-15H2,(H,35,40)(H,38,39);(H,6,7)/t17-;/m0./s1. The van der Waals surface area contributed by atoms with Crippen molar-refractivity contribution < 1.29 is 64.1 Å². The summed E-state index contributed by atoms with van der Waals surface area (Å²) in [6.07, 6.45) is -11.1. The smallest absolute Gasteiger partial charge is 0.481 e. The summed E-state index contributed by atoms with van der Waals surface area (Å²) >= 11 is 0. The van der Waals surface area contributed by atoms with Crippen molar-refractivity contribution in [2.45, 2.75) is 100 Å². The second-order valence-electron chi connectivity index (χ2n) is 11.4. The SMILES string of the molecule is O=C(O)C(F)(F)F.O=C(O)C[C@H](CCNC1(C(F)(F)F)CCCC1)NC(=O)c1cc(-c2ccccc2C(F)(F)F)n(C2CCCC2)n1. The van der Waals surface area contributed by atoms with Gasteiger partial charge < -0.3 is 20.8 Å². The summed E-state index contributed by atoms with van der Waals surface area (Å²) in [7, 11) is 0. The first-order valence-electron chi connectivity index (χ1n) is 14.7. The molecular formula is C29H33F9N4O5. The van der Waals surface area contributed by atoms with E-state index in [1.54, 1.807) is 0 Å². The van der Waals surface area contributed by atoms with Crippen molar-refractivity contribution in [2.75, 3.05) is 6.54 Å². The lowest BCUT2D eigenvalue weighted by molar-refractivity contribution is -0.195. The van der Waals surface area contributed by atoms with Crippen molar-refractivity contribution in [3.05, 3.63) is 41.6 Å². The molecule has 2 aliphatic rings. The fraction of sp³-hybridized carbons (Fsp3) is 0.586. The quantitative estimate of drug-likeness (QED) is 0.203. The van der Waals surface area contributed by atoms with Crippen LogP contribution in [0.2, 0.25) is 0 Å². The number of rotatable bonds is 10. The molecule has 4 rings (SSSR count). The number of aliphatic carboxylic acids is 2. The molecule has 2 fully saturated rings. The monoisotopic (exact) mass is 688 g/mol. The van der Waals surface area contributed by atoms with Gasteiger partial charge in [-0.1, -0.05) is 43.9 Å². The molecule has 1 amide bonds. The Kier molecular flexibility index (Phi) is 12.0. The summed E-state index contributed by atoms with van der Waals surface area (Å²) in [6.45, 7) is -0.182. The molecule has 2 aliphatic carbocycles. The van der Waals surface area contributed by atoms with E-state index in [-0.39, 0.29) is 48.8 Å². The molecule has 9 nitrogen and oxygen atoms in total. The van der Waals surface area contributed by atoms with Crippen LogP contribution in [0.4, 0.5) is 39.5 Å². The first kappa shape index (κ1) is 37.6. The minimum atomic E-state index is -5.08. The Bertz CT molecular complexity index is 1390. The number of benzene rings is 1. The van der Waals surface area contributed by atoms with Gasteiger partial charge in [-0.3, -0.25) is 14.3 Å². The average Bonchev–Trinajstić information content (AvgIpc) is 3.73. The molecule has 1 aromatic carbocycles. The van der Waals surface area contributed by atoms with Crippen LogP contribution in [0.3, 0.4) is 0 Å². The summed E-state index contributed by atoms with van der Waals surface area (Å²) in [5.41, 5.74) is -3.11. The number of carbonyl (C=O) groups excluding carboxylic acids is 1. The van der Waals surface area contributed by atoms with E-state index in [1.165, 1.54) is 28.9 Å². The van der Waals surface area contributed by atoms with Gasteiger partial charge in [0, 0.05) is 11.6 Å². The van der Waals surface area contributed by atoms with Gasteiger partial charge >= 0.3 is 30.5 Å². The van der Waals surface area contributed by atoms with E-state index >= 15 is 0 Å².